The van der Waals surface area contributed by atoms with E-state index in [2.05, 4.69) is 5.10 Å². The van der Waals surface area contributed by atoms with Crippen LogP contribution in [0.2, 0.25) is 0 Å². The minimum absolute atomic E-state index is 0.0569. The summed E-state index contributed by atoms with van der Waals surface area (Å²) in [5.74, 6) is -2.81. The van der Waals surface area contributed by atoms with Crippen LogP contribution in [0.1, 0.15) is 19.8 Å². The zero-order valence-electron chi connectivity index (χ0n) is 11.8. The Kier molecular flexibility index (Phi) is 7.13. The number of carbonyl (C=O) groups excluding carboxylic acids is 2. The number of nitrogens with zero attached hydrogens (tertiary/aromatic N) is 3. The summed E-state index contributed by atoms with van der Waals surface area (Å²) in [4.78, 5) is 23.8. The van der Waals surface area contributed by atoms with Gasteiger partial charge in [0.15, 0.2) is 0 Å². The van der Waals surface area contributed by atoms with Gasteiger partial charge in [-0.15, -0.1) is 0 Å². The van der Waals surface area contributed by atoms with Crippen molar-refractivity contribution in [2.45, 2.75) is 25.9 Å². The Bertz CT molecular complexity index is 502. The normalized spacial score (nSPS) is 12.6. The zero-order valence-corrected chi connectivity index (χ0v) is 11.8. The highest BCUT2D eigenvalue weighted by molar-refractivity contribution is 6.05. The van der Waals surface area contributed by atoms with E-state index in [1.807, 2.05) is 5.43 Å². The Balaban J connectivity index is 4.87. The molecule has 0 aromatic rings. The fourth-order valence-corrected chi connectivity index (χ4v) is 1.12. The van der Waals surface area contributed by atoms with Crippen LogP contribution in [0.5, 0.6) is 0 Å². The molecule has 0 heterocycles. The van der Waals surface area contributed by atoms with Gasteiger partial charge in [-0.3, -0.25) is 9.59 Å². The average Bonchev–Trinajstić information content (AvgIpc) is 2.38. The van der Waals surface area contributed by atoms with Gasteiger partial charge in [0.25, 0.3) is 5.91 Å². The second kappa shape index (κ2) is 8.04. The van der Waals surface area contributed by atoms with Gasteiger partial charge in [-0.05, 0) is 6.42 Å². The number of nitrogens with one attached hydrogen (secondary N) is 1. The molecule has 0 aromatic carbocycles. The van der Waals surface area contributed by atoms with Crippen LogP contribution in [-0.4, -0.2) is 42.6 Å². The highest BCUT2D eigenvalue weighted by atomic mass is 19.4. The largest absolute Gasteiger partial charge is 0.450 e. The molecule has 0 rings (SSSR count). The van der Waals surface area contributed by atoms with Crippen molar-refractivity contribution in [3.05, 3.63) is 11.8 Å². The molecule has 0 aromatic heterocycles. The lowest BCUT2D eigenvalue weighted by atomic mass is 10.1. The average molecular weight is 304 g/mol. The lowest BCUT2D eigenvalue weighted by Crippen LogP contribution is -2.27. The first-order valence-electron chi connectivity index (χ1n) is 5.86. The molecule has 6 nitrogen and oxygen atoms in total. The molecule has 1 N–H and O–H groups in total. The van der Waals surface area contributed by atoms with E-state index in [0.29, 0.717) is 0 Å². The number of hydrogen-bond donors (Lipinski definition) is 1. The van der Waals surface area contributed by atoms with Crippen molar-refractivity contribution in [1.82, 2.24) is 10.3 Å². The first-order chi connectivity index (χ1) is 9.61. The number of halogens is 3. The van der Waals surface area contributed by atoms with Gasteiger partial charge >= 0.3 is 6.18 Å². The summed E-state index contributed by atoms with van der Waals surface area (Å²) in [6, 6.07) is 1.63. The second-order valence-electron chi connectivity index (χ2n) is 4.19. The zero-order chi connectivity index (χ0) is 16.6. The van der Waals surface area contributed by atoms with Gasteiger partial charge in [-0.1, -0.05) is 6.92 Å². The van der Waals surface area contributed by atoms with Crippen molar-refractivity contribution in [2.75, 3.05) is 14.1 Å². The summed E-state index contributed by atoms with van der Waals surface area (Å²) in [6.07, 6.45) is -4.58. The Morgan fingerprint density at radius 2 is 1.95 bits per heavy atom. The van der Waals surface area contributed by atoms with E-state index in [9.17, 15) is 22.8 Å². The summed E-state index contributed by atoms with van der Waals surface area (Å²) in [7, 11) is 3.18. The van der Waals surface area contributed by atoms with Crippen LogP contribution in [0, 0.1) is 11.3 Å². The predicted octanol–water partition coefficient (Wildman–Crippen LogP) is 1.36. The van der Waals surface area contributed by atoms with E-state index < -0.39 is 24.3 Å². The summed E-state index contributed by atoms with van der Waals surface area (Å²) in [5, 5.41) is 12.2. The fraction of sp³-hybridized carbons (Fsp3) is 0.500. The van der Waals surface area contributed by atoms with Gasteiger partial charge in [-0.25, -0.2) is 5.43 Å². The number of nitriles is 1. The highest BCUT2D eigenvalue weighted by Crippen LogP contribution is 2.18. The lowest BCUT2D eigenvalue weighted by Gasteiger charge is -2.08. The maximum absolute atomic E-state index is 12.1. The van der Waals surface area contributed by atoms with E-state index in [-0.39, 0.29) is 17.7 Å². The third-order valence-corrected chi connectivity index (χ3v) is 2.16. The van der Waals surface area contributed by atoms with Gasteiger partial charge in [0, 0.05) is 26.0 Å². The van der Waals surface area contributed by atoms with Crippen LogP contribution in [0.15, 0.2) is 16.9 Å². The quantitative estimate of drug-likeness (QED) is 0.347. The van der Waals surface area contributed by atoms with Crippen LogP contribution in [-0.2, 0) is 9.59 Å². The second-order valence-corrected chi connectivity index (χ2v) is 4.19. The standard InChI is InChI=1S/C12H15F3N4O2/c1-4-9(5-10(20)12(13,14)15)17-18-11(21)8(6-16)7-19(2)3/h7H,4-5H2,1-3H3,(H,18,21)/b8-7+,17-9?. The Morgan fingerprint density at radius 1 is 1.38 bits per heavy atom. The van der Waals surface area contributed by atoms with E-state index in [1.54, 1.807) is 20.2 Å². The van der Waals surface area contributed by atoms with E-state index >= 15 is 0 Å². The molecule has 0 saturated heterocycles. The molecule has 0 bridgehead atoms. The fourth-order valence-electron chi connectivity index (χ4n) is 1.12. The summed E-state index contributed by atoms with van der Waals surface area (Å²) >= 11 is 0. The number of carbonyl (C=O) groups is 2. The Hall–Kier alpha value is -2.37. The smallest absolute Gasteiger partial charge is 0.382 e. The number of rotatable bonds is 6. The molecule has 9 heteroatoms. The van der Waals surface area contributed by atoms with Gasteiger partial charge in [0.2, 0.25) is 5.78 Å². The SMILES string of the molecule is CCC(CC(=O)C(F)(F)F)=NNC(=O)/C(C#N)=C/N(C)C. The minimum atomic E-state index is -4.94. The summed E-state index contributed by atoms with van der Waals surface area (Å²) in [6.45, 7) is 1.50. The summed E-state index contributed by atoms with van der Waals surface area (Å²) < 4.78 is 36.4. The predicted molar refractivity (Wildman–Crippen MR) is 68.9 cm³/mol. The van der Waals surface area contributed by atoms with Crippen molar-refractivity contribution >= 4 is 17.4 Å². The molecular weight excluding hydrogens is 289 g/mol. The van der Waals surface area contributed by atoms with Gasteiger partial charge in [0.1, 0.15) is 11.6 Å². The van der Waals surface area contributed by atoms with Crippen LogP contribution in [0.3, 0.4) is 0 Å². The van der Waals surface area contributed by atoms with Crippen LogP contribution >= 0.6 is 0 Å². The van der Waals surface area contributed by atoms with Crippen molar-refractivity contribution in [3.8, 4) is 6.07 Å². The Labute approximate surface area is 119 Å². The van der Waals surface area contributed by atoms with Crippen molar-refractivity contribution in [3.63, 3.8) is 0 Å². The molecule has 0 unspecified atom stereocenters. The minimum Gasteiger partial charge on any atom is -0.382 e. The number of Topliss-reactive ketones (excluding diaryl/α,β-unsaturated/α-hetero) is 1. The molecular formula is C12H15F3N4O2. The van der Waals surface area contributed by atoms with Crippen molar-refractivity contribution in [2.24, 2.45) is 5.10 Å². The maximum Gasteiger partial charge on any atom is 0.450 e. The topological polar surface area (TPSA) is 85.6 Å². The molecule has 21 heavy (non-hydrogen) atoms. The number of hydrazone groups is 1. The van der Waals surface area contributed by atoms with Crippen LogP contribution in [0.4, 0.5) is 13.2 Å². The van der Waals surface area contributed by atoms with Crippen LogP contribution < -0.4 is 5.43 Å². The molecule has 1 amide bonds. The van der Waals surface area contributed by atoms with Crippen LogP contribution in [0.25, 0.3) is 0 Å². The monoisotopic (exact) mass is 304 g/mol. The van der Waals surface area contributed by atoms with Gasteiger partial charge < -0.3 is 4.90 Å². The molecule has 0 spiro atoms. The molecule has 0 aliphatic rings. The number of ketones is 1. The molecule has 0 saturated carbocycles. The first-order valence-corrected chi connectivity index (χ1v) is 5.86. The molecule has 116 valence electrons. The molecule has 0 aliphatic heterocycles. The Morgan fingerprint density at radius 3 is 2.33 bits per heavy atom. The van der Waals surface area contributed by atoms with E-state index in [1.165, 1.54) is 18.0 Å². The molecule has 0 fully saturated rings. The molecule has 0 atom stereocenters. The number of amides is 1. The molecule has 0 aliphatic carbocycles. The number of hydrogen-bond acceptors (Lipinski definition) is 5. The third kappa shape index (κ3) is 7.10. The molecule has 0 radical (unpaired) electrons. The first kappa shape index (κ1) is 18.6. The maximum atomic E-state index is 12.1. The number of alkyl halides is 3. The summed E-state index contributed by atoms with van der Waals surface area (Å²) in [5.41, 5.74) is 1.56. The van der Waals surface area contributed by atoms with Gasteiger partial charge in [-0.2, -0.15) is 23.5 Å². The lowest BCUT2D eigenvalue weighted by molar-refractivity contribution is -0.169. The van der Waals surface area contributed by atoms with E-state index in [0.717, 1.165) is 0 Å². The van der Waals surface area contributed by atoms with Crippen molar-refractivity contribution < 1.29 is 22.8 Å². The highest BCUT2D eigenvalue weighted by Gasteiger charge is 2.38. The third-order valence-electron chi connectivity index (χ3n) is 2.16. The van der Waals surface area contributed by atoms with Gasteiger partial charge in [0.05, 0.1) is 6.42 Å². The van der Waals surface area contributed by atoms with E-state index in [4.69, 9.17) is 5.26 Å². The van der Waals surface area contributed by atoms with Crippen molar-refractivity contribution in [1.29, 1.82) is 5.26 Å².